The lowest BCUT2D eigenvalue weighted by atomic mass is 9.68. The van der Waals surface area contributed by atoms with Gasteiger partial charge in [0.1, 0.15) is 11.6 Å². The summed E-state index contributed by atoms with van der Waals surface area (Å²) >= 11 is 0. The zero-order chi connectivity index (χ0) is 20.2. The van der Waals surface area contributed by atoms with E-state index in [9.17, 15) is 13.6 Å². The summed E-state index contributed by atoms with van der Waals surface area (Å²) in [6, 6.07) is 13.0. The number of carbonyl (C=O) groups excluding carboxylic acids is 1. The predicted octanol–water partition coefficient (Wildman–Crippen LogP) is 4.15. The molecule has 0 radical (unpaired) electrons. The van der Waals surface area contributed by atoms with Crippen LogP contribution in [0.5, 0.6) is 0 Å². The molecule has 1 heterocycles. The first kappa shape index (κ1) is 17.8. The van der Waals surface area contributed by atoms with Crippen LogP contribution in [0.25, 0.3) is 6.08 Å². The second kappa shape index (κ2) is 6.37. The number of allylic oxidation sites excluding steroid dienone is 1. The van der Waals surface area contributed by atoms with Crippen molar-refractivity contribution in [2.45, 2.75) is 30.7 Å². The number of rotatable bonds is 4. The van der Waals surface area contributed by atoms with Crippen LogP contribution in [0.15, 0.2) is 54.6 Å². The molecule has 6 heteroatoms. The van der Waals surface area contributed by atoms with Crippen molar-refractivity contribution in [3.63, 3.8) is 0 Å². The normalized spacial score (nSPS) is 17.2. The van der Waals surface area contributed by atoms with Crippen molar-refractivity contribution in [2.24, 2.45) is 5.73 Å². The van der Waals surface area contributed by atoms with Gasteiger partial charge in [-0.25, -0.2) is 8.78 Å². The van der Waals surface area contributed by atoms with Gasteiger partial charge < -0.3 is 5.73 Å². The van der Waals surface area contributed by atoms with Gasteiger partial charge in [-0.15, -0.1) is 0 Å². The number of nitrogens with two attached hydrogens (primary N) is 1. The maximum absolute atomic E-state index is 14.1. The van der Waals surface area contributed by atoms with Gasteiger partial charge in [0.15, 0.2) is 5.69 Å². The van der Waals surface area contributed by atoms with E-state index in [1.54, 1.807) is 12.1 Å². The molecule has 29 heavy (non-hydrogen) atoms. The average molecular weight is 391 g/mol. The molecular weight excluding hydrogens is 372 g/mol. The monoisotopic (exact) mass is 391 g/mol. The fourth-order valence-corrected chi connectivity index (χ4v) is 4.28. The quantitative estimate of drug-likeness (QED) is 0.726. The highest BCUT2D eigenvalue weighted by molar-refractivity contribution is 5.95. The third-order valence-electron chi connectivity index (χ3n) is 5.84. The van der Waals surface area contributed by atoms with Crippen LogP contribution >= 0.6 is 0 Å². The standard InChI is InChI=1S/C23H19F2N3O/c24-16-5-1-3-14(11-16)23(15-4-2-6-17(25)12-15)10-9-19-20(13-23)28(18-7-8-18)27-21(19)22(26)29/h1-6,9-12,18H,7-8,13H2,(H2,26,29). The van der Waals surface area contributed by atoms with Crippen molar-refractivity contribution in [2.75, 3.05) is 0 Å². The van der Waals surface area contributed by atoms with E-state index in [2.05, 4.69) is 5.10 Å². The molecule has 2 aliphatic rings. The van der Waals surface area contributed by atoms with Gasteiger partial charge in [-0.3, -0.25) is 9.48 Å². The molecule has 0 bridgehead atoms. The van der Waals surface area contributed by atoms with Crippen molar-refractivity contribution in [3.05, 3.63) is 94.3 Å². The molecule has 1 amide bonds. The van der Waals surface area contributed by atoms with E-state index in [-0.39, 0.29) is 23.4 Å². The third kappa shape index (κ3) is 2.87. The van der Waals surface area contributed by atoms with E-state index < -0.39 is 11.3 Å². The van der Waals surface area contributed by atoms with Crippen LogP contribution in [0.1, 0.15) is 51.8 Å². The largest absolute Gasteiger partial charge is 0.364 e. The number of hydrogen-bond donors (Lipinski definition) is 1. The number of fused-ring (bicyclic) bond motifs is 1. The molecule has 2 aromatic carbocycles. The number of carbonyl (C=O) groups is 1. The van der Waals surface area contributed by atoms with Crippen molar-refractivity contribution in [1.82, 2.24) is 9.78 Å². The van der Waals surface area contributed by atoms with E-state index in [0.717, 1.165) is 18.5 Å². The predicted molar refractivity (Wildman–Crippen MR) is 105 cm³/mol. The van der Waals surface area contributed by atoms with Crippen molar-refractivity contribution in [1.29, 1.82) is 0 Å². The minimum Gasteiger partial charge on any atom is -0.364 e. The molecule has 1 fully saturated rings. The first-order chi connectivity index (χ1) is 14.0. The highest BCUT2D eigenvalue weighted by atomic mass is 19.1. The van der Waals surface area contributed by atoms with E-state index in [1.165, 1.54) is 24.3 Å². The van der Waals surface area contributed by atoms with E-state index >= 15 is 0 Å². The third-order valence-corrected chi connectivity index (χ3v) is 5.84. The van der Waals surface area contributed by atoms with Gasteiger partial charge in [0.25, 0.3) is 5.91 Å². The molecule has 0 saturated heterocycles. The van der Waals surface area contributed by atoms with Gasteiger partial charge >= 0.3 is 0 Å². The van der Waals surface area contributed by atoms with E-state index in [1.807, 2.05) is 29.0 Å². The van der Waals surface area contributed by atoms with Crippen LogP contribution in [0.4, 0.5) is 8.78 Å². The Morgan fingerprint density at radius 1 is 1.07 bits per heavy atom. The molecule has 0 unspecified atom stereocenters. The summed E-state index contributed by atoms with van der Waals surface area (Å²) < 4.78 is 30.1. The summed E-state index contributed by atoms with van der Waals surface area (Å²) in [4.78, 5) is 11.9. The molecule has 146 valence electrons. The molecule has 2 N–H and O–H groups in total. The molecular formula is C23H19F2N3O. The summed E-state index contributed by atoms with van der Waals surface area (Å²) in [6.07, 6.45) is 6.14. The Morgan fingerprint density at radius 3 is 2.21 bits per heavy atom. The smallest absolute Gasteiger partial charge is 0.269 e. The van der Waals surface area contributed by atoms with Gasteiger partial charge in [-0.1, -0.05) is 36.4 Å². The Balaban J connectivity index is 1.74. The summed E-state index contributed by atoms with van der Waals surface area (Å²) in [6.45, 7) is 0. The molecule has 0 spiro atoms. The molecule has 5 rings (SSSR count). The first-order valence-corrected chi connectivity index (χ1v) is 9.60. The van der Waals surface area contributed by atoms with E-state index in [4.69, 9.17) is 5.73 Å². The van der Waals surface area contributed by atoms with Gasteiger partial charge in [0.2, 0.25) is 0 Å². The summed E-state index contributed by atoms with van der Waals surface area (Å²) in [5.41, 5.74) is 8.03. The topological polar surface area (TPSA) is 60.9 Å². The van der Waals surface area contributed by atoms with Crippen LogP contribution in [0.3, 0.4) is 0 Å². The van der Waals surface area contributed by atoms with Gasteiger partial charge in [-0.05, 0) is 48.2 Å². The van der Waals surface area contributed by atoms with Gasteiger partial charge in [0.05, 0.1) is 6.04 Å². The van der Waals surface area contributed by atoms with Crippen LogP contribution in [-0.2, 0) is 11.8 Å². The lowest BCUT2D eigenvalue weighted by Crippen LogP contribution is -2.32. The maximum atomic E-state index is 14.1. The molecule has 1 saturated carbocycles. The Labute approximate surface area is 166 Å². The minimum atomic E-state index is -0.779. The Kier molecular flexibility index (Phi) is 3.91. The highest BCUT2D eigenvalue weighted by Gasteiger charge is 2.40. The van der Waals surface area contributed by atoms with Crippen LogP contribution < -0.4 is 5.73 Å². The number of nitrogens with zero attached hydrogens (tertiary/aromatic N) is 2. The zero-order valence-electron chi connectivity index (χ0n) is 15.6. The van der Waals surface area contributed by atoms with E-state index in [0.29, 0.717) is 23.1 Å². The molecule has 3 aromatic rings. The number of primary amides is 1. The average Bonchev–Trinajstić information content (AvgIpc) is 3.47. The van der Waals surface area contributed by atoms with Crippen LogP contribution in [0.2, 0.25) is 0 Å². The first-order valence-electron chi connectivity index (χ1n) is 9.60. The zero-order valence-corrected chi connectivity index (χ0v) is 15.6. The van der Waals surface area contributed by atoms with Gasteiger partial charge in [0, 0.05) is 23.1 Å². The van der Waals surface area contributed by atoms with Crippen LogP contribution in [0, 0.1) is 11.6 Å². The lowest BCUT2D eigenvalue weighted by Gasteiger charge is -2.35. The van der Waals surface area contributed by atoms with Crippen LogP contribution in [-0.4, -0.2) is 15.7 Å². The second-order valence-electron chi connectivity index (χ2n) is 7.75. The maximum Gasteiger partial charge on any atom is 0.269 e. The molecule has 4 nitrogen and oxygen atoms in total. The fourth-order valence-electron chi connectivity index (χ4n) is 4.28. The lowest BCUT2D eigenvalue weighted by molar-refractivity contribution is 0.0994. The Bertz CT molecular complexity index is 1120. The number of aromatic nitrogens is 2. The molecule has 1 aromatic heterocycles. The molecule has 2 aliphatic carbocycles. The fraction of sp³-hybridized carbons (Fsp3) is 0.217. The number of benzene rings is 2. The van der Waals surface area contributed by atoms with Crippen molar-refractivity contribution in [3.8, 4) is 0 Å². The highest BCUT2D eigenvalue weighted by Crippen LogP contribution is 2.45. The van der Waals surface area contributed by atoms with Crippen molar-refractivity contribution < 1.29 is 13.6 Å². The Morgan fingerprint density at radius 2 is 1.69 bits per heavy atom. The number of hydrogen-bond acceptors (Lipinski definition) is 2. The molecule has 0 aliphatic heterocycles. The summed E-state index contributed by atoms with van der Waals surface area (Å²) in [5.74, 6) is -1.29. The van der Waals surface area contributed by atoms with Gasteiger partial charge in [-0.2, -0.15) is 5.10 Å². The number of halogens is 2. The SMILES string of the molecule is NC(=O)c1nn(C2CC2)c2c1C=CC(c1cccc(F)c1)(c1cccc(F)c1)C2. The molecule has 0 atom stereocenters. The number of amides is 1. The summed E-state index contributed by atoms with van der Waals surface area (Å²) in [7, 11) is 0. The Hall–Kier alpha value is -3.28. The second-order valence-corrected chi connectivity index (χ2v) is 7.75. The van der Waals surface area contributed by atoms with Crippen molar-refractivity contribution >= 4 is 12.0 Å². The minimum absolute atomic E-state index is 0.237. The summed E-state index contributed by atoms with van der Waals surface area (Å²) in [5, 5.41) is 4.48.